The molecule has 4 rings (SSSR count). The van der Waals surface area contributed by atoms with Crippen LogP contribution in [0.3, 0.4) is 0 Å². The van der Waals surface area contributed by atoms with E-state index in [1.54, 1.807) is 24.4 Å². The van der Waals surface area contributed by atoms with Gasteiger partial charge in [-0.15, -0.1) is 0 Å². The van der Waals surface area contributed by atoms with Crippen molar-refractivity contribution in [2.45, 2.75) is 26.8 Å². The molecule has 0 aliphatic rings. The summed E-state index contributed by atoms with van der Waals surface area (Å²) in [6.45, 7) is 4.32. The Morgan fingerprint density at radius 3 is 2.67 bits per heavy atom. The zero-order chi connectivity index (χ0) is 21.1. The van der Waals surface area contributed by atoms with Crippen molar-refractivity contribution in [3.63, 3.8) is 0 Å². The van der Waals surface area contributed by atoms with Gasteiger partial charge in [-0.25, -0.2) is 14.6 Å². The second-order valence-electron chi connectivity index (χ2n) is 7.04. The van der Waals surface area contributed by atoms with E-state index >= 15 is 0 Å². The molecule has 1 aromatic carbocycles. The van der Waals surface area contributed by atoms with Crippen LogP contribution >= 0.6 is 0 Å². The Balaban J connectivity index is 1.40. The van der Waals surface area contributed by atoms with Crippen molar-refractivity contribution in [1.82, 2.24) is 29.6 Å². The van der Waals surface area contributed by atoms with Crippen molar-refractivity contribution in [3.8, 4) is 5.82 Å². The van der Waals surface area contributed by atoms with Gasteiger partial charge in [0.05, 0.1) is 22.9 Å². The largest absolute Gasteiger partial charge is 0.354 e. The number of para-hydroxylation sites is 1. The Morgan fingerprint density at radius 2 is 1.87 bits per heavy atom. The van der Waals surface area contributed by atoms with Crippen molar-refractivity contribution >= 4 is 16.8 Å². The molecule has 0 atom stereocenters. The summed E-state index contributed by atoms with van der Waals surface area (Å²) in [7, 11) is 0. The number of nitrogens with one attached hydrogen (secondary N) is 1. The molecule has 0 saturated heterocycles. The van der Waals surface area contributed by atoms with Crippen LogP contribution in [0.4, 0.5) is 0 Å². The average Bonchev–Trinajstić information content (AvgIpc) is 3.05. The van der Waals surface area contributed by atoms with Crippen LogP contribution in [0.15, 0.2) is 59.8 Å². The highest BCUT2D eigenvalue weighted by Crippen LogP contribution is 2.16. The number of hydrogen-bond donors (Lipinski definition) is 1. The number of pyridine rings is 1. The molecule has 0 saturated carbocycles. The topological polar surface area (TPSA) is 94.7 Å². The Kier molecular flexibility index (Phi) is 5.38. The molecule has 3 heterocycles. The lowest BCUT2D eigenvalue weighted by Crippen LogP contribution is -2.33. The molecule has 1 amide bonds. The van der Waals surface area contributed by atoms with E-state index in [0.717, 1.165) is 22.8 Å². The van der Waals surface area contributed by atoms with Crippen LogP contribution in [0.2, 0.25) is 0 Å². The second kappa shape index (κ2) is 8.28. The van der Waals surface area contributed by atoms with Crippen LogP contribution in [0.1, 0.15) is 17.0 Å². The van der Waals surface area contributed by atoms with Crippen molar-refractivity contribution in [2.24, 2.45) is 0 Å². The lowest BCUT2D eigenvalue weighted by atomic mass is 10.1. The van der Waals surface area contributed by atoms with Crippen molar-refractivity contribution < 1.29 is 4.79 Å². The second-order valence-corrected chi connectivity index (χ2v) is 7.04. The number of carbonyl (C=O) groups excluding carboxylic acids is 1. The summed E-state index contributed by atoms with van der Waals surface area (Å²) in [5, 5.41) is 7.95. The Bertz CT molecular complexity index is 1260. The molecule has 8 heteroatoms. The van der Waals surface area contributed by atoms with E-state index in [0.29, 0.717) is 23.9 Å². The van der Waals surface area contributed by atoms with E-state index in [9.17, 15) is 9.59 Å². The summed E-state index contributed by atoms with van der Waals surface area (Å²) < 4.78 is 3.14. The zero-order valence-electron chi connectivity index (χ0n) is 16.9. The molecule has 0 aliphatic carbocycles. The molecule has 1 N–H and O–H groups in total. The maximum atomic E-state index is 12.5. The third-order valence-corrected chi connectivity index (χ3v) is 5.05. The normalized spacial score (nSPS) is 11.0. The van der Waals surface area contributed by atoms with Crippen LogP contribution in [-0.2, 0) is 17.8 Å². The molecule has 0 spiro atoms. The predicted octanol–water partition coefficient (Wildman–Crippen LogP) is 1.95. The van der Waals surface area contributed by atoms with E-state index in [-0.39, 0.29) is 18.0 Å². The maximum Gasteiger partial charge on any atom is 0.261 e. The summed E-state index contributed by atoms with van der Waals surface area (Å²) in [5.41, 5.74) is 3.37. The molecule has 3 aromatic heterocycles. The first-order chi connectivity index (χ1) is 14.5. The van der Waals surface area contributed by atoms with Gasteiger partial charge in [-0.2, -0.15) is 5.10 Å². The molecule has 0 unspecified atom stereocenters. The van der Waals surface area contributed by atoms with Crippen LogP contribution < -0.4 is 10.9 Å². The standard InChI is InChI=1S/C22H22N6O2/c1-15-17(16(2)28(26-15)20-9-5-6-11-23-20)10-12-24-21(29)13-27-14-25-19-8-4-3-7-18(19)22(27)30/h3-9,11,14H,10,12-13H2,1-2H3,(H,24,29). The minimum Gasteiger partial charge on any atom is -0.354 e. The first kappa shape index (κ1) is 19.5. The third-order valence-electron chi connectivity index (χ3n) is 5.05. The smallest absolute Gasteiger partial charge is 0.261 e. The third kappa shape index (κ3) is 3.84. The molecule has 30 heavy (non-hydrogen) atoms. The van der Waals surface area contributed by atoms with Crippen LogP contribution in [0.25, 0.3) is 16.7 Å². The Hall–Kier alpha value is -3.81. The first-order valence-electron chi connectivity index (χ1n) is 9.72. The van der Waals surface area contributed by atoms with Gasteiger partial charge < -0.3 is 5.32 Å². The van der Waals surface area contributed by atoms with Gasteiger partial charge in [-0.3, -0.25) is 14.2 Å². The molecular formula is C22H22N6O2. The van der Waals surface area contributed by atoms with Crippen LogP contribution in [-0.4, -0.2) is 36.8 Å². The SMILES string of the molecule is Cc1nn(-c2ccccn2)c(C)c1CCNC(=O)Cn1cnc2ccccc2c1=O. The molecule has 0 fully saturated rings. The molecular weight excluding hydrogens is 380 g/mol. The lowest BCUT2D eigenvalue weighted by molar-refractivity contribution is -0.121. The molecule has 0 aliphatic heterocycles. The molecule has 0 bridgehead atoms. The van der Waals surface area contributed by atoms with Gasteiger partial charge in [0.25, 0.3) is 5.56 Å². The summed E-state index contributed by atoms with van der Waals surface area (Å²) in [6.07, 6.45) is 3.78. The van der Waals surface area contributed by atoms with E-state index in [1.165, 1.54) is 10.9 Å². The number of aryl methyl sites for hydroxylation is 1. The van der Waals surface area contributed by atoms with Gasteiger partial charge >= 0.3 is 0 Å². The summed E-state index contributed by atoms with van der Waals surface area (Å²) in [6, 6.07) is 12.8. The summed E-state index contributed by atoms with van der Waals surface area (Å²) in [4.78, 5) is 33.5. The van der Waals surface area contributed by atoms with E-state index in [2.05, 4.69) is 20.4 Å². The molecule has 4 aromatic rings. The zero-order valence-corrected chi connectivity index (χ0v) is 16.9. The number of amides is 1. The fourth-order valence-electron chi connectivity index (χ4n) is 3.50. The number of aromatic nitrogens is 5. The Morgan fingerprint density at radius 1 is 1.07 bits per heavy atom. The lowest BCUT2D eigenvalue weighted by Gasteiger charge is -2.08. The molecule has 8 nitrogen and oxygen atoms in total. The molecule has 0 radical (unpaired) electrons. The van der Waals surface area contributed by atoms with E-state index in [4.69, 9.17) is 0 Å². The monoisotopic (exact) mass is 402 g/mol. The minimum absolute atomic E-state index is 0.0676. The average molecular weight is 402 g/mol. The minimum atomic E-state index is -0.235. The van der Waals surface area contributed by atoms with Gasteiger partial charge in [0.15, 0.2) is 5.82 Å². The van der Waals surface area contributed by atoms with E-state index < -0.39 is 0 Å². The Labute approximate surface area is 173 Å². The first-order valence-corrected chi connectivity index (χ1v) is 9.72. The predicted molar refractivity (Wildman–Crippen MR) is 114 cm³/mol. The van der Waals surface area contributed by atoms with Gasteiger partial charge in [0, 0.05) is 18.4 Å². The summed E-state index contributed by atoms with van der Waals surface area (Å²) >= 11 is 0. The van der Waals surface area contributed by atoms with Crippen LogP contribution in [0.5, 0.6) is 0 Å². The number of rotatable bonds is 6. The van der Waals surface area contributed by atoms with E-state index in [1.807, 2.05) is 42.8 Å². The fraction of sp³-hybridized carbons (Fsp3) is 0.227. The summed E-state index contributed by atoms with van der Waals surface area (Å²) in [5.74, 6) is 0.526. The fourth-order valence-corrected chi connectivity index (χ4v) is 3.50. The van der Waals surface area contributed by atoms with Crippen LogP contribution in [0, 0.1) is 13.8 Å². The number of benzene rings is 1. The van der Waals surface area contributed by atoms with Gasteiger partial charge in [0.1, 0.15) is 6.54 Å². The van der Waals surface area contributed by atoms with Gasteiger partial charge in [-0.1, -0.05) is 18.2 Å². The van der Waals surface area contributed by atoms with Crippen molar-refractivity contribution in [2.75, 3.05) is 6.54 Å². The van der Waals surface area contributed by atoms with Crippen molar-refractivity contribution in [3.05, 3.63) is 82.3 Å². The number of fused-ring (bicyclic) bond motifs is 1. The number of hydrogen-bond acceptors (Lipinski definition) is 5. The highest BCUT2D eigenvalue weighted by molar-refractivity contribution is 5.78. The molecule has 152 valence electrons. The quantitative estimate of drug-likeness (QED) is 0.532. The maximum absolute atomic E-state index is 12.5. The van der Waals surface area contributed by atoms with Crippen molar-refractivity contribution in [1.29, 1.82) is 0 Å². The highest BCUT2D eigenvalue weighted by Gasteiger charge is 2.14. The number of carbonyl (C=O) groups is 1. The highest BCUT2D eigenvalue weighted by atomic mass is 16.2. The number of nitrogens with zero attached hydrogens (tertiary/aromatic N) is 5. The van der Waals surface area contributed by atoms with Gasteiger partial charge in [-0.05, 0) is 50.1 Å². The van der Waals surface area contributed by atoms with Gasteiger partial charge in [0.2, 0.25) is 5.91 Å².